The molecule has 1 aliphatic rings. The molecule has 1 aromatic carbocycles. The molecule has 2 heteroatoms. The molecule has 0 saturated heterocycles. The van der Waals surface area contributed by atoms with Crippen molar-refractivity contribution in [3.63, 3.8) is 0 Å². The minimum atomic E-state index is 0.517. The fourth-order valence-electron chi connectivity index (χ4n) is 3.17. The molecule has 1 aliphatic carbocycles. The van der Waals surface area contributed by atoms with Crippen molar-refractivity contribution in [3.05, 3.63) is 29.3 Å². The van der Waals surface area contributed by atoms with E-state index in [1.807, 2.05) is 12.1 Å². The molecule has 1 N–H and O–H groups in total. The molecule has 1 aromatic rings. The van der Waals surface area contributed by atoms with Gasteiger partial charge in [-0.25, -0.2) is 0 Å². The third-order valence-corrected chi connectivity index (χ3v) is 4.47. The molecule has 3 atom stereocenters. The number of hydrogen-bond acceptors (Lipinski definition) is 2. The molecular weight excluding hydrogens is 220 g/mol. The lowest BCUT2D eigenvalue weighted by molar-refractivity contribution is 0.392. The van der Waals surface area contributed by atoms with Gasteiger partial charge in [-0.15, -0.1) is 0 Å². The molecule has 0 bridgehead atoms. The number of rotatable bonds is 3. The van der Waals surface area contributed by atoms with E-state index in [1.54, 1.807) is 0 Å². The third-order valence-electron chi connectivity index (χ3n) is 4.47. The number of nitrogens with one attached hydrogen (secondary N) is 1. The Balaban J connectivity index is 2.18. The van der Waals surface area contributed by atoms with Gasteiger partial charge in [0.2, 0.25) is 0 Å². The highest BCUT2D eigenvalue weighted by Crippen LogP contribution is 2.36. The van der Waals surface area contributed by atoms with Crippen LogP contribution < -0.4 is 5.32 Å². The van der Waals surface area contributed by atoms with E-state index in [-0.39, 0.29) is 0 Å². The van der Waals surface area contributed by atoms with Crippen LogP contribution in [-0.2, 0) is 0 Å². The molecule has 1 fully saturated rings. The highest BCUT2D eigenvalue weighted by atomic mass is 14.9. The zero-order valence-corrected chi connectivity index (χ0v) is 11.5. The monoisotopic (exact) mass is 242 g/mol. The Labute approximate surface area is 110 Å². The normalized spacial score (nSPS) is 26.9. The van der Waals surface area contributed by atoms with E-state index in [9.17, 15) is 5.26 Å². The smallest absolute Gasteiger partial charge is 0.101 e. The van der Waals surface area contributed by atoms with Crippen molar-refractivity contribution in [1.82, 2.24) is 0 Å². The highest BCUT2D eigenvalue weighted by molar-refractivity contribution is 5.62. The van der Waals surface area contributed by atoms with Crippen LogP contribution in [0.1, 0.15) is 44.2 Å². The number of benzene rings is 1. The summed E-state index contributed by atoms with van der Waals surface area (Å²) in [5.74, 6) is 1.53. The van der Waals surface area contributed by atoms with E-state index < -0.39 is 0 Å². The first kappa shape index (κ1) is 13.0. The van der Waals surface area contributed by atoms with Gasteiger partial charge in [0.05, 0.1) is 11.3 Å². The van der Waals surface area contributed by atoms with E-state index in [0.29, 0.717) is 12.0 Å². The molecule has 0 aromatic heterocycles. The number of hydrogen-bond donors (Lipinski definition) is 1. The van der Waals surface area contributed by atoms with E-state index >= 15 is 0 Å². The lowest BCUT2D eigenvalue weighted by atomic mass is 9.93. The maximum atomic E-state index is 9.19. The van der Waals surface area contributed by atoms with E-state index in [1.165, 1.54) is 24.8 Å². The molecule has 0 spiro atoms. The molecule has 2 nitrogen and oxygen atoms in total. The van der Waals surface area contributed by atoms with Gasteiger partial charge < -0.3 is 5.32 Å². The number of anilines is 1. The number of nitriles is 1. The number of aryl methyl sites for hydroxylation is 1. The largest absolute Gasteiger partial charge is 0.381 e. The van der Waals surface area contributed by atoms with Gasteiger partial charge in [-0.3, -0.25) is 0 Å². The molecule has 2 rings (SSSR count). The maximum Gasteiger partial charge on any atom is 0.101 e. The van der Waals surface area contributed by atoms with Crippen molar-refractivity contribution in [2.24, 2.45) is 11.8 Å². The summed E-state index contributed by atoms with van der Waals surface area (Å²) in [6.07, 6.45) is 3.79. The van der Waals surface area contributed by atoms with E-state index in [0.717, 1.165) is 17.2 Å². The SMILES string of the molecule is CCC1CCC(Nc2c(C)cccc2C#N)C1C. The molecular formula is C16H22N2. The molecule has 3 unspecified atom stereocenters. The van der Waals surface area contributed by atoms with Crippen molar-refractivity contribution in [1.29, 1.82) is 5.26 Å². The molecule has 96 valence electrons. The second-order valence-corrected chi connectivity index (χ2v) is 5.46. The van der Waals surface area contributed by atoms with Crippen molar-refractivity contribution in [3.8, 4) is 6.07 Å². The zero-order valence-electron chi connectivity index (χ0n) is 11.5. The fraction of sp³-hybridized carbons (Fsp3) is 0.562. The summed E-state index contributed by atoms with van der Waals surface area (Å²) >= 11 is 0. The van der Waals surface area contributed by atoms with Crippen molar-refractivity contribution < 1.29 is 0 Å². The first-order valence-corrected chi connectivity index (χ1v) is 6.93. The van der Waals surface area contributed by atoms with Gasteiger partial charge in [-0.1, -0.05) is 32.4 Å². The van der Waals surface area contributed by atoms with Crippen LogP contribution in [0.15, 0.2) is 18.2 Å². The third kappa shape index (κ3) is 2.36. The van der Waals surface area contributed by atoms with Gasteiger partial charge in [0, 0.05) is 6.04 Å². The van der Waals surface area contributed by atoms with Gasteiger partial charge in [0.15, 0.2) is 0 Å². The summed E-state index contributed by atoms with van der Waals surface area (Å²) in [5, 5.41) is 12.8. The summed E-state index contributed by atoms with van der Waals surface area (Å²) in [4.78, 5) is 0. The summed E-state index contributed by atoms with van der Waals surface area (Å²) in [6.45, 7) is 6.68. The van der Waals surface area contributed by atoms with E-state index in [2.05, 4.69) is 38.2 Å². The van der Waals surface area contributed by atoms with Crippen LogP contribution in [0.4, 0.5) is 5.69 Å². The molecule has 1 saturated carbocycles. The second kappa shape index (κ2) is 5.44. The van der Waals surface area contributed by atoms with Crippen LogP contribution in [0.25, 0.3) is 0 Å². The van der Waals surface area contributed by atoms with E-state index in [4.69, 9.17) is 0 Å². The number of para-hydroxylation sites is 1. The van der Waals surface area contributed by atoms with Gasteiger partial charge >= 0.3 is 0 Å². The standard InChI is InChI=1S/C16H22N2/c1-4-13-8-9-15(12(13)3)18-16-11(2)6-5-7-14(16)10-17/h5-7,12-13,15,18H,4,8-9H2,1-3H3. The predicted molar refractivity (Wildman–Crippen MR) is 75.5 cm³/mol. The highest BCUT2D eigenvalue weighted by Gasteiger charge is 2.31. The fourth-order valence-corrected chi connectivity index (χ4v) is 3.17. The zero-order chi connectivity index (χ0) is 13.1. The van der Waals surface area contributed by atoms with Crippen LogP contribution in [0.3, 0.4) is 0 Å². The first-order valence-electron chi connectivity index (χ1n) is 6.93. The average Bonchev–Trinajstić information content (AvgIpc) is 2.73. The quantitative estimate of drug-likeness (QED) is 0.866. The van der Waals surface area contributed by atoms with Crippen molar-refractivity contribution in [2.75, 3.05) is 5.32 Å². The topological polar surface area (TPSA) is 35.8 Å². The van der Waals surface area contributed by atoms with Gasteiger partial charge in [-0.05, 0) is 43.2 Å². The molecule has 0 heterocycles. The van der Waals surface area contributed by atoms with Gasteiger partial charge in [0.1, 0.15) is 6.07 Å². The summed E-state index contributed by atoms with van der Waals surface area (Å²) in [7, 11) is 0. The predicted octanol–water partition coefficient (Wildman–Crippen LogP) is 4.10. The Morgan fingerprint density at radius 3 is 2.78 bits per heavy atom. The summed E-state index contributed by atoms with van der Waals surface area (Å²) in [6, 6.07) is 8.72. The first-order chi connectivity index (χ1) is 8.67. The van der Waals surface area contributed by atoms with Crippen molar-refractivity contribution >= 4 is 5.69 Å². The maximum absolute atomic E-state index is 9.19. The Bertz CT molecular complexity index is 459. The Hall–Kier alpha value is -1.49. The summed E-state index contributed by atoms with van der Waals surface area (Å²) < 4.78 is 0. The van der Waals surface area contributed by atoms with Crippen LogP contribution >= 0.6 is 0 Å². The van der Waals surface area contributed by atoms with Crippen molar-refractivity contribution in [2.45, 2.75) is 46.1 Å². The van der Waals surface area contributed by atoms with Gasteiger partial charge in [-0.2, -0.15) is 5.26 Å². The molecule has 0 aliphatic heterocycles. The average molecular weight is 242 g/mol. The number of nitrogens with zero attached hydrogens (tertiary/aromatic N) is 1. The Morgan fingerprint density at radius 1 is 1.39 bits per heavy atom. The van der Waals surface area contributed by atoms with Crippen LogP contribution in [0.5, 0.6) is 0 Å². The van der Waals surface area contributed by atoms with Gasteiger partial charge in [0.25, 0.3) is 0 Å². The minimum absolute atomic E-state index is 0.517. The summed E-state index contributed by atoms with van der Waals surface area (Å²) in [5.41, 5.74) is 2.97. The Kier molecular flexibility index (Phi) is 3.91. The van der Waals surface area contributed by atoms with Crippen LogP contribution in [-0.4, -0.2) is 6.04 Å². The van der Waals surface area contributed by atoms with Crippen LogP contribution in [0.2, 0.25) is 0 Å². The van der Waals surface area contributed by atoms with Crippen LogP contribution in [0, 0.1) is 30.1 Å². The lowest BCUT2D eigenvalue weighted by Gasteiger charge is -2.23. The molecule has 0 amide bonds. The second-order valence-electron chi connectivity index (χ2n) is 5.46. The minimum Gasteiger partial charge on any atom is -0.381 e. The lowest BCUT2D eigenvalue weighted by Crippen LogP contribution is -2.25. The molecule has 18 heavy (non-hydrogen) atoms. The Morgan fingerprint density at radius 2 is 2.17 bits per heavy atom. The molecule has 0 radical (unpaired) electrons.